The number of anilines is 1. The van der Waals surface area contributed by atoms with Gasteiger partial charge in [-0.2, -0.15) is 0 Å². The Morgan fingerprint density at radius 2 is 1.65 bits per heavy atom. The van der Waals surface area contributed by atoms with Gasteiger partial charge in [-0.25, -0.2) is 4.79 Å². The summed E-state index contributed by atoms with van der Waals surface area (Å²) in [5, 5.41) is 12.4. The number of ether oxygens (including phenoxy) is 1. The van der Waals surface area contributed by atoms with Crippen LogP contribution in [0.4, 0.5) is 10.5 Å². The summed E-state index contributed by atoms with van der Waals surface area (Å²) < 4.78 is 4.79. The Kier molecular flexibility index (Phi) is 3.57. The monoisotopic (exact) mass is 311 g/mol. The molecule has 0 heterocycles. The van der Waals surface area contributed by atoms with Gasteiger partial charge in [0, 0.05) is 11.1 Å². The molecule has 1 aliphatic carbocycles. The molecule has 6 heteroatoms. The number of fused-ring (bicyclic) bond motifs is 2. The maximum absolute atomic E-state index is 12.7. The topological polar surface area (TPSA) is 92.7 Å². The van der Waals surface area contributed by atoms with Crippen LogP contribution in [0.25, 0.3) is 0 Å². The highest BCUT2D eigenvalue weighted by molar-refractivity contribution is 6.31. The molecular formula is C17H13NO5. The maximum Gasteiger partial charge on any atom is 0.411 e. The van der Waals surface area contributed by atoms with E-state index in [0.29, 0.717) is 0 Å². The molecule has 0 unspecified atom stereocenters. The smallest absolute Gasteiger partial charge is 0.411 e. The van der Waals surface area contributed by atoms with Gasteiger partial charge in [-0.3, -0.25) is 14.9 Å². The molecule has 0 radical (unpaired) electrons. The Labute approximate surface area is 131 Å². The molecule has 2 aromatic carbocycles. The zero-order valence-corrected chi connectivity index (χ0v) is 12.3. The van der Waals surface area contributed by atoms with Gasteiger partial charge < -0.3 is 9.84 Å². The third kappa shape index (κ3) is 2.34. The van der Waals surface area contributed by atoms with Gasteiger partial charge in [0.25, 0.3) is 0 Å². The number of phenolic OH excluding ortho intramolecular Hbond substituents is 1. The van der Waals surface area contributed by atoms with Crippen LogP contribution in [0.3, 0.4) is 0 Å². The predicted octanol–water partition coefficient (Wildman–Crippen LogP) is 2.74. The van der Waals surface area contributed by atoms with Crippen molar-refractivity contribution >= 4 is 23.3 Å². The fourth-order valence-corrected chi connectivity index (χ4v) is 2.59. The highest BCUT2D eigenvalue weighted by Crippen LogP contribution is 2.36. The molecule has 116 valence electrons. The van der Waals surface area contributed by atoms with Gasteiger partial charge in [0.05, 0.1) is 23.4 Å². The molecule has 3 rings (SSSR count). The molecule has 1 amide bonds. The minimum absolute atomic E-state index is 0.0262. The molecule has 0 bridgehead atoms. The van der Waals surface area contributed by atoms with Crippen LogP contribution in [-0.2, 0) is 4.74 Å². The maximum atomic E-state index is 12.7. The Bertz CT molecular complexity index is 841. The van der Waals surface area contributed by atoms with Gasteiger partial charge >= 0.3 is 6.09 Å². The van der Waals surface area contributed by atoms with E-state index in [1.807, 2.05) is 0 Å². The lowest BCUT2D eigenvalue weighted by molar-refractivity contribution is 0.0977. The fraction of sp³-hybridized carbons (Fsp3) is 0.118. The Morgan fingerprint density at radius 1 is 1.04 bits per heavy atom. The van der Waals surface area contributed by atoms with E-state index in [0.717, 1.165) is 0 Å². The molecule has 6 nitrogen and oxygen atoms in total. The van der Waals surface area contributed by atoms with Gasteiger partial charge in [-0.1, -0.05) is 24.3 Å². The number of ketones is 2. The first-order chi connectivity index (χ1) is 11.0. The molecule has 23 heavy (non-hydrogen) atoms. The lowest BCUT2D eigenvalue weighted by Gasteiger charge is -2.21. The molecule has 0 saturated carbocycles. The number of benzene rings is 2. The summed E-state index contributed by atoms with van der Waals surface area (Å²) in [4.78, 5) is 36.9. The van der Waals surface area contributed by atoms with Crippen molar-refractivity contribution in [1.82, 2.24) is 0 Å². The summed E-state index contributed by atoms with van der Waals surface area (Å²) in [5.41, 5.74) is 0.463. The zero-order valence-electron chi connectivity index (χ0n) is 12.3. The van der Waals surface area contributed by atoms with Gasteiger partial charge in [-0.15, -0.1) is 0 Å². The van der Waals surface area contributed by atoms with E-state index in [9.17, 15) is 19.5 Å². The molecule has 0 fully saturated rings. The molecule has 2 N–H and O–H groups in total. The number of rotatable bonds is 2. The number of aromatic hydroxyl groups is 1. The van der Waals surface area contributed by atoms with Crippen molar-refractivity contribution in [1.29, 1.82) is 0 Å². The molecule has 0 aromatic heterocycles. The van der Waals surface area contributed by atoms with Crippen LogP contribution in [-0.4, -0.2) is 29.4 Å². The van der Waals surface area contributed by atoms with Crippen LogP contribution in [0, 0.1) is 0 Å². The highest BCUT2D eigenvalue weighted by Gasteiger charge is 2.34. The van der Waals surface area contributed by atoms with Crippen LogP contribution in [0.1, 0.15) is 38.8 Å². The van der Waals surface area contributed by atoms with E-state index in [4.69, 9.17) is 4.74 Å². The summed E-state index contributed by atoms with van der Waals surface area (Å²) >= 11 is 0. The second-order valence-electron chi connectivity index (χ2n) is 4.93. The van der Waals surface area contributed by atoms with E-state index in [-0.39, 0.29) is 40.3 Å². The fourth-order valence-electron chi connectivity index (χ4n) is 2.59. The van der Waals surface area contributed by atoms with Crippen LogP contribution in [0.2, 0.25) is 0 Å². The van der Waals surface area contributed by atoms with E-state index < -0.39 is 17.7 Å². The lowest BCUT2D eigenvalue weighted by Crippen LogP contribution is -2.24. The van der Waals surface area contributed by atoms with Crippen molar-refractivity contribution < 1.29 is 24.2 Å². The summed E-state index contributed by atoms with van der Waals surface area (Å²) in [6, 6.07) is 8.99. The normalized spacial score (nSPS) is 12.4. The van der Waals surface area contributed by atoms with Crippen LogP contribution in [0.15, 0.2) is 36.4 Å². The molecule has 0 saturated heterocycles. The van der Waals surface area contributed by atoms with Gasteiger partial charge in [0.1, 0.15) is 5.75 Å². The molecule has 2 aromatic rings. The average Bonchev–Trinajstić information content (AvgIpc) is 2.54. The minimum atomic E-state index is -0.737. The first kappa shape index (κ1) is 14.8. The molecule has 0 atom stereocenters. The minimum Gasteiger partial charge on any atom is -0.507 e. The van der Waals surface area contributed by atoms with Crippen molar-refractivity contribution in [2.45, 2.75) is 6.92 Å². The van der Waals surface area contributed by atoms with Gasteiger partial charge in [0.2, 0.25) is 0 Å². The summed E-state index contributed by atoms with van der Waals surface area (Å²) in [7, 11) is 0. The highest BCUT2D eigenvalue weighted by atomic mass is 16.5. The van der Waals surface area contributed by atoms with Crippen molar-refractivity contribution in [3.8, 4) is 5.75 Å². The van der Waals surface area contributed by atoms with E-state index in [2.05, 4.69) is 5.32 Å². The number of hydrogen-bond donors (Lipinski definition) is 2. The van der Waals surface area contributed by atoms with Gasteiger partial charge in [0.15, 0.2) is 11.6 Å². The first-order valence-corrected chi connectivity index (χ1v) is 7.02. The Morgan fingerprint density at radius 3 is 2.26 bits per heavy atom. The number of phenols is 1. The lowest BCUT2D eigenvalue weighted by atomic mass is 9.82. The quantitative estimate of drug-likeness (QED) is 0.710. The van der Waals surface area contributed by atoms with Crippen LogP contribution in [0.5, 0.6) is 5.75 Å². The van der Waals surface area contributed by atoms with Crippen molar-refractivity contribution in [2.24, 2.45) is 0 Å². The largest absolute Gasteiger partial charge is 0.507 e. The van der Waals surface area contributed by atoms with E-state index >= 15 is 0 Å². The van der Waals surface area contributed by atoms with Crippen LogP contribution < -0.4 is 5.32 Å². The SMILES string of the molecule is CCOC(=O)Nc1ccc(O)c2c1C(=O)c1ccccc1C2=O. The molecular weight excluding hydrogens is 298 g/mol. The predicted molar refractivity (Wildman–Crippen MR) is 82.1 cm³/mol. The third-order valence-electron chi connectivity index (χ3n) is 3.57. The van der Waals surface area contributed by atoms with E-state index in [1.54, 1.807) is 19.1 Å². The summed E-state index contributed by atoms with van der Waals surface area (Å²) in [6.45, 7) is 1.82. The summed E-state index contributed by atoms with van der Waals surface area (Å²) in [6.07, 6.45) is -0.737. The Hall–Kier alpha value is -3.15. The molecule has 1 aliphatic rings. The Balaban J connectivity index is 2.17. The van der Waals surface area contributed by atoms with Crippen molar-refractivity contribution in [2.75, 3.05) is 11.9 Å². The van der Waals surface area contributed by atoms with Crippen molar-refractivity contribution in [3.05, 3.63) is 58.7 Å². The number of nitrogens with one attached hydrogen (secondary N) is 1. The molecule has 0 spiro atoms. The second-order valence-corrected chi connectivity index (χ2v) is 4.93. The number of carbonyl (C=O) groups is 3. The third-order valence-corrected chi connectivity index (χ3v) is 3.57. The molecule has 0 aliphatic heterocycles. The second kappa shape index (κ2) is 5.57. The standard InChI is InChI=1S/C17H13NO5/c1-2-23-17(22)18-11-7-8-12(19)14-13(11)15(20)9-5-3-4-6-10(9)16(14)21/h3-8,19H,2H2,1H3,(H,18,22). The van der Waals surface area contributed by atoms with Crippen molar-refractivity contribution in [3.63, 3.8) is 0 Å². The summed E-state index contributed by atoms with van der Waals surface area (Å²) in [5.74, 6) is -1.19. The first-order valence-electron chi connectivity index (χ1n) is 7.02. The average molecular weight is 311 g/mol. The van der Waals surface area contributed by atoms with Gasteiger partial charge in [-0.05, 0) is 19.1 Å². The number of carbonyl (C=O) groups excluding carboxylic acids is 3. The number of amides is 1. The zero-order chi connectivity index (χ0) is 16.6. The van der Waals surface area contributed by atoms with Crippen LogP contribution >= 0.6 is 0 Å². The van der Waals surface area contributed by atoms with E-state index in [1.165, 1.54) is 24.3 Å². The number of hydrogen-bond acceptors (Lipinski definition) is 5.